The van der Waals surface area contributed by atoms with E-state index in [1.165, 1.54) is 12.0 Å². The van der Waals surface area contributed by atoms with Crippen LogP contribution in [0.25, 0.3) is 0 Å². The first-order valence-electron chi connectivity index (χ1n) is 7.65. The molecule has 1 aromatic rings. The minimum Gasteiger partial charge on any atom is -0.488 e. The van der Waals surface area contributed by atoms with Gasteiger partial charge in [-0.15, -0.1) is 0 Å². The Morgan fingerprint density at radius 2 is 1.84 bits per heavy atom. The van der Waals surface area contributed by atoms with Crippen LogP contribution >= 0.6 is 0 Å². The second-order valence-corrected chi connectivity index (χ2v) is 5.74. The Bertz CT molecular complexity index is 371. The summed E-state index contributed by atoms with van der Waals surface area (Å²) in [6, 6.07) is 8.37. The molecule has 0 aromatic heterocycles. The fourth-order valence-corrected chi connectivity index (χ4v) is 2.68. The number of rotatable bonds is 4. The normalized spacial score (nSPS) is 25.6. The van der Waals surface area contributed by atoms with Crippen LogP contribution in [0.2, 0.25) is 0 Å². The van der Waals surface area contributed by atoms with Crippen LogP contribution in [0, 0.1) is 0 Å². The van der Waals surface area contributed by atoms with Crippen molar-refractivity contribution in [2.45, 2.75) is 70.5 Å². The van der Waals surface area contributed by atoms with Crippen molar-refractivity contribution in [1.29, 1.82) is 0 Å². The maximum atomic E-state index is 10.1. The van der Waals surface area contributed by atoms with E-state index in [4.69, 9.17) is 4.74 Å². The van der Waals surface area contributed by atoms with Crippen LogP contribution in [0.4, 0.5) is 0 Å². The summed E-state index contributed by atoms with van der Waals surface area (Å²) in [5, 5.41) is 10.1. The quantitative estimate of drug-likeness (QED) is 0.821. The second kappa shape index (κ2) is 6.95. The van der Waals surface area contributed by atoms with Gasteiger partial charge in [0, 0.05) is 0 Å². The molecule has 0 aliphatic heterocycles. The Kier molecular flexibility index (Phi) is 5.26. The van der Waals surface area contributed by atoms with Crippen molar-refractivity contribution in [2.75, 3.05) is 0 Å². The lowest BCUT2D eigenvalue weighted by Gasteiger charge is -2.22. The molecule has 3 atom stereocenters. The number of ether oxygens (including phenoxy) is 1. The molecule has 2 nitrogen and oxygen atoms in total. The molecule has 1 aliphatic carbocycles. The molecule has 106 valence electrons. The van der Waals surface area contributed by atoms with E-state index in [0.29, 0.717) is 5.92 Å². The Balaban J connectivity index is 1.98. The van der Waals surface area contributed by atoms with Crippen molar-refractivity contribution in [3.8, 4) is 5.75 Å². The molecule has 0 radical (unpaired) electrons. The van der Waals surface area contributed by atoms with Gasteiger partial charge in [0.2, 0.25) is 0 Å². The molecule has 1 saturated carbocycles. The van der Waals surface area contributed by atoms with Crippen molar-refractivity contribution in [2.24, 2.45) is 0 Å². The summed E-state index contributed by atoms with van der Waals surface area (Å²) < 4.78 is 5.97. The number of hydrogen-bond acceptors (Lipinski definition) is 2. The maximum absolute atomic E-state index is 10.1. The Labute approximate surface area is 116 Å². The first kappa shape index (κ1) is 14.4. The van der Waals surface area contributed by atoms with Crippen molar-refractivity contribution < 1.29 is 9.84 Å². The molecule has 1 fully saturated rings. The zero-order valence-electron chi connectivity index (χ0n) is 12.1. The first-order chi connectivity index (χ1) is 9.20. The third-order valence-corrected chi connectivity index (χ3v) is 4.27. The highest BCUT2D eigenvalue weighted by atomic mass is 16.5. The lowest BCUT2D eigenvalue weighted by molar-refractivity contribution is 0.0320. The van der Waals surface area contributed by atoms with Crippen LogP contribution < -0.4 is 4.74 Å². The first-order valence-corrected chi connectivity index (χ1v) is 7.65. The minimum atomic E-state index is -0.309. The van der Waals surface area contributed by atoms with Gasteiger partial charge in [-0.3, -0.25) is 0 Å². The molecule has 0 saturated heterocycles. The van der Waals surface area contributed by atoms with Crippen LogP contribution in [0.15, 0.2) is 24.3 Å². The van der Waals surface area contributed by atoms with Gasteiger partial charge in [-0.05, 0) is 49.3 Å². The van der Waals surface area contributed by atoms with E-state index < -0.39 is 0 Å². The van der Waals surface area contributed by atoms with E-state index in [0.717, 1.165) is 37.9 Å². The topological polar surface area (TPSA) is 29.5 Å². The van der Waals surface area contributed by atoms with Gasteiger partial charge in [0.25, 0.3) is 0 Å². The third kappa shape index (κ3) is 3.97. The highest BCUT2D eigenvalue weighted by Crippen LogP contribution is 2.25. The summed E-state index contributed by atoms with van der Waals surface area (Å²) in [7, 11) is 0. The molecule has 3 unspecified atom stereocenters. The Hall–Kier alpha value is -1.02. The van der Waals surface area contributed by atoms with Crippen molar-refractivity contribution in [3.05, 3.63) is 29.8 Å². The van der Waals surface area contributed by atoms with Gasteiger partial charge in [-0.2, -0.15) is 0 Å². The molecular formula is C17H26O2. The van der Waals surface area contributed by atoms with Crippen molar-refractivity contribution in [3.63, 3.8) is 0 Å². The van der Waals surface area contributed by atoms with Crippen molar-refractivity contribution >= 4 is 0 Å². The van der Waals surface area contributed by atoms with Gasteiger partial charge in [0.1, 0.15) is 11.9 Å². The molecule has 1 aromatic carbocycles. The van der Waals surface area contributed by atoms with Gasteiger partial charge < -0.3 is 9.84 Å². The number of aliphatic hydroxyl groups is 1. The van der Waals surface area contributed by atoms with Gasteiger partial charge in [0.15, 0.2) is 0 Å². The van der Waals surface area contributed by atoms with Gasteiger partial charge in [-0.1, -0.05) is 38.8 Å². The van der Waals surface area contributed by atoms with Crippen molar-refractivity contribution in [1.82, 2.24) is 0 Å². The predicted octanol–water partition coefficient (Wildman–Crippen LogP) is 4.27. The van der Waals surface area contributed by atoms with Crippen LogP contribution in [-0.2, 0) is 0 Å². The van der Waals surface area contributed by atoms with E-state index in [9.17, 15) is 5.11 Å². The molecule has 1 aliphatic rings. The monoisotopic (exact) mass is 262 g/mol. The Morgan fingerprint density at radius 1 is 1.16 bits per heavy atom. The summed E-state index contributed by atoms with van der Waals surface area (Å²) in [4.78, 5) is 0. The second-order valence-electron chi connectivity index (χ2n) is 5.74. The Morgan fingerprint density at radius 3 is 2.53 bits per heavy atom. The van der Waals surface area contributed by atoms with E-state index in [1.54, 1.807) is 0 Å². The molecular weight excluding hydrogens is 236 g/mol. The van der Waals surface area contributed by atoms with Crippen LogP contribution in [0.5, 0.6) is 5.75 Å². The highest BCUT2D eigenvalue weighted by Gasteiger charge is 2.23. The predicted molar refractivity (Wildman–Crippen MR) is 78.7 cm³/mol. The zero-order chi connectivity index (χ0) is 13.7. The average Bonchev–Trinajstić information content (AvgIpc) is 2.64. The van der Waals surface area contributed by atoms with E-state index >= 15 is 0 Å². The molecule has 19 heavy (non-hydrogen) atoms. The van der Waals surface area contributed by atoms with Crippen LogP contribution in [0.1, 0.15) is 63.9 Å². The lowest BCUT2D eigenvalue weighted by Crippen LogP contribution is -2.30. The maximum Gasteiger partial charge on any atom is 0.124 e. The lowest BCUT2D eigenvalue weighted by atomic mass is 9.99. The minimum absolute atomic E-state index is 0.0306. The van der Waals surface area contributed by atoms with Gasteiger partial charge in [-0.25, -0.2) is 0 Å². The van der Waals surface area contributed by atoms with Gasteiger partial charge in [0.05, 0.1) is 6.10 Å². The number of benzene rings is 1. The molecule has 2 heteroatoms. The molecule has 0 spiro atoms. The summed E-state index contributed by atoms with van der Waals surface area (Å²) in [6.07, 6.45) is 6.14. The van der Waals surface area contributed by atoms with E-state index in [-0.39, 0.29) is 12.2 Å². The summed E-state index contributed by atoms with van der Waals surface area (Å²) in [5.41, 5.74) is 1.36. The fraction of sp³-hybridized carbons (Fsp3) is 0.647. The van der Waals surface area contributed by atoms with Crippen LogP contribution in [0.3, 0.4) is 0 Å². The van der Waals surface area contributed by atoms with Crippen LogP contribution in [-0.4, -0.2) is 17.3 Å². The standard InChI is InChI=1S/C17H26O2/c1-3-13(2)14-9-11-15(12-10-14)19-17-8-6-4-5-7-16(17)18/h9-13,16-18H,3-8H2,1-2H3. The highest BCUT2D eigenvalue weighted by molar-refractivity contribution is 5.29. The molecule has 0 bridgehead atoms. The van der Waals surface area contributed by atoms with E-state index in [2.05, 4.69) is 26.0 Å². The summed E-state index contributed by atoms with van der Waals surface area (Å²) >= 11 is 0. The molecule has 2 rings (SSSR count). The van der Waals surface area contributed by atoms with E-state index in [1.807, 2.05) is 12.1 Å². The number of aliphatic hydroxyl groups excluding tert-OH is 1. The average molecular weight is 262 g/mol. The summed E-state index contributed by atoms with van der Waals surface area (Å²) in [5.74, 6) is 1.48. The molecule has 0 heterocycles. The number of hydrogen-bond donors (Lipinski definition) is 1. The third-order valence-electron chi connectivity index (χ3n) is 4.27. The largest absolute Gasteiger partial charge is 0.488 e. The fourth-order valence-electron chi connectivity index (χ4n) is 2.68. The van der Waals surface area contributed by atoms with Gasteiger partial charge >= 0.3 is 0 Å². The molecule has 1 N–H and O–H groups in total. The zero-order valence-corrected chi connectivity index (χ0v) is 12.1. The smallest absolute Gasteiger partial charge is 0.124 e. The SMILES string of the molecule is CCC(C)c1ccc(OC2CCCCCC2O)cc1. The summed E-state index contributed by atoms with van der Waals surface area (Å²) in [6.45, 7) is 4.45. The molecule has 0 amide bonds.